The van der Waals surface area contributed by atoms with Crippen molar-refractivity contribution in [2.45, 2.75) is 107 Å². The van der Waals surface area contributed by atoms with Crippen LogP contribution in [-0.4, -0.2) is 43.5 Å². The van der Waals surface area contributed by atoms with Gasteiger partial charge in [-0.25, -0.2) is 4.99 Å². The minimum Gasteiger partial charge on any atom is -0.498 e. The molecule has 0 bridgehead atoms. The number of hydrogen-bond acceptors (Lipinski definition) is 6. The van der Waals surface area contributed by atoms with Gasteiger partial charge in [0.15, 0.2) is 0 Å². The fraction of sp³-hybridized carbons (Fsp3) is 0.543. The number of ether oxygens (including phenoxy) is 2. The average Bonchev–Trinajstić information content (AvgIpc) is 3.25. The lowest BCUT2D eigenvalue weighted by Crippen LogP contribution is -2.38. The Balaban J connectivity index is 2.81. The number of nitrogens with zero attached hydrogens (tertiary/aromatic N) is 3. The summed E-state index contributed by atoms with van der Waals surface area (Å²) in [4.78, 5) is 12.4. The van der Waals surface area contributed by atoms with Crippen molar-refractivity contribution in [1.29, 1.82) is 0 Å². The van der Waals surface area contributed by atoms with E-state index in [0.717, 1.165) is 53.2 Å². The van der Waals surface area contributed by atoms with Gasteiger partial charge < -0.3 is 19.7 Å². The first-order valence-electron chi connectivity index (χ1n) is 15.4. The molecule has 1 aromatic heterocycles. The minimum atomic E-state index is 0.298. The predicted octanol–water partition coefficient (Wildman–Crippen LogP) is 9.20. The lowest BCUT2D eigenvalue weighted by Gasteiger charge is -2.33. The Bertz CT molecular complexity index is 1190. The zero-order valence-electron chi connectivity index (χ0n) is 27.5. The van der Waals surface area contributed by atoms with Crippen molar-refractivity contribution in [2.75, 3.05) is 30.5 Å². The van der Waals surface area contributed by atoms with Crippen molar-refractivity contribution in [2.24, 2.45) is 4.99 Å². The second kappa shape index (κ2) is 16.9. The molecule has 0 fully saturated rings. The summed E-state index contributed by atoms with van der Waals surface area (Å²) in [6, 6.07) is 2.91. The van der Waals surface area contributed by atoms with Crippen LogP contribution >= 0.6 is 0 Å². The number of aliphatic imine (C=N–C) groups is 1. The van der Waals surface area contributed by atoms with Gasteiger partial charge in [0, 0.05) is 41.9 Å². The lowest BCUT2D eigenvalue weighted by molar-refractivity contribution is 0.233. The van der Waals surface area contributed by atoms with E-state index in [2.05, 4.69) is 100 Å². The van der Waals surface area contributed by atoms with Gasteiger partial charge in [-0.2, -0.15) is 0 Å². The van der Waals surface area contributed by atoms with E-state index in [-0.39, 0.29) is 0 Å². The Labute approximate surface area is 250 Å². The number of nitrogens with one attached hydrogen (secondary N) is 1. The van der Waals surface area contributed by atoms with Crippen LogP contribution in [0.15, 0.2) is 64.2 Å². The quantitative estimate of drug-likeness (QED) is 0.131. The molecule has 1 aliphatic rings. The van der Waals surface area contributed by atoms with E-state index in [1.807, 2.05) is 20.8 Å². The molecule has 226 valence electrons. The Morgan fingerprint density at radius 3 is 2.46 bits per heavy atom. The second-order valence-electron chi connectivity index (χ2n) is 10.8. The number of fused-ring (bicyclic) bond motifs is 1. The number of pyridine rings is 1. The summed E-state index contributed by atoms with van der Waals surface area (Å²) in [5.41, 5.74) is 7.58. The van der Waals surface area contributed by atoms with Gasteiger partial charge in [0.25, 0.3) is 0 Å². The third kappa shape index (κ3) is 8.61. The van der Waals surface area contributed by atoms with Crippen LogP contribution in [0, 0.1) is 0 Å². The van der Waals surface area contributed by atoms with Crippen molar-refractivity contribution < 1.29 is 9.47 Å². The molecule has 2 rings (SSSR count). The van der Waals surface area contributed by atoms with Gasteiger partial charge in [0.2, 0.25) is 5.88 Å². The Kier molecular flexibility index (Phi) is 13.9. The molecule has 0 radical (unpaired) electrons. The molecule has 1 aliphatic heterocycles. The molecule has 0 aliphatic carbocycles. The Morgan fingerprint density at radius 2 is 1.90 bits per heavy atom. The predicted molar refractivity (Wildman–Crippen MR) is 178 cm³/mol. The van der Waals surface area contributed by atoms with E-state index in [1.54, 1.807) is 13.3 Å². The smallest absolute Gasteiger partial charge is 0.217 e. The first kappa shape index (κ1) is 33.9. The number of anilines is 2. The molecule has 0 amide bonds. The molecule has 6 heteroatoms. The normalized spacial score (nSPS) is 18.9. The largest absolute Gasteiger partial charge is 0.498 e. The highest BCUT2D eigenvalue weighted by Gasteiger charge is 2.39. The topological polar surface area (TPSA) is 59.0 Å². The number of hydrogen-bond donors (Lipinski definition) is 1. The third-order valence-electron chi connectivity index (χ3n) is 7.54. The summed E-state index contributed by atoms with van der Waals surface area (Å²) in [5, 5.41) is 3.80. The standard InChI is InChI=1S/C35H54N4O2/c1-12-17-18-19-20-29(27(10)41-16-5)30-22-31(34-33(38-30)26(9)32(14-3)39(34)24(6)7)37-23-28(21-25(8)13-2)35(40-11)36-15-4/h15,17-22,24,26,32H,12-14,16,23H2,1-11H3,(H,37,38)/b18-17+,20-19-,25-21+,29-27-,35-28-,36-15?. The SMILES string of the molecule is CC=N/C(OC)=C(\C=C(/C)CC)CNc1cc(C(/C=C\C=C\CC)=C(/C)OCC)nc2c1N(C(C)C)C(CC)C2C. The van der Waals surface area contributed by atoms with E-state index in [1.165, 1.54) is 11.3 Å². The van der Waals surface area contributed by atoms with E-state index < -0.39 is 0 Å². The van der Waals surface area contributed by atoms with Crippen LogP contribution in [0.4, 0.5) is 11.4 Å². The molecule has 2 heterocycles. The molecular formula is C35H54N4O2. The van der Waals surface area contributed by atoms with Crippen LogP contribution < -0.4 is 10.2 Å². The van der Waals surface area contributed by atoms with Crippen molar-refractivity contribution in [3.63, 3.8) is 0 Å². The maximum absolute atomic E-state index is 6.02. The molecule has 6 nitrogen and oxygen atoms in total. The van der Waals surface area contributed by atoms with Crippen LogP contribution in [-0.2, 0) is 9.47 Å². The number of rotatable bonds is 15. The van der Waals surface area contributed by atoms with Crippen LogP contribution in [0.25, 0.3) is 5.57 Å². The van der Waals surface area contributed by atoms with Crippen molar-refractivity contribution in [3.05, 3.63) is 70.6 Å². The van der Waals surface area contributed by atoms with E-state index in [9.17, 15) is 0 Å². The molecule has 0 spiro atoms. The number of methoxy groups -OCH3 is 1. The molecule has 1 N–H and O–H groups in total. The van der Waals surface area contributed by atoms with E-state index >= 15 is 0 Å². The van der Waals surface area contributed by atoms with Crippen LogP contribution in [0.1, 0.15) is 106 Å². The maximum atomic E-state index is 6.02. The van der Waals surface area contributed by atoms with E-state index in [0.29, 0.717) is 37.0 Å². The highest BCUT2D eigenvalue weighted by atomic mass is 16.5. The number of allylic oxidation sites excluding steroid dienone is 7. The van der Waals surface area contributed by atoms with Gasteiger partial charge in [-0.15, -0.1) is 0 Å². The number of aromatic nitrogens is 1. The molecule has 0 saturated heterocycles. The zero-order chi connectivity index (χ0) is 30.5. The Hall–Kier alpha value is -3.28. The summed E-state index contributed by atoms with van der Waals surface area (Å²) in [6.07, 6.45) is 15.4. The first-order valence-corrected chi connectivity index (χ1v) is 15.4. The molecule has 0 aromatic carbocycles. The maximum Gasteiger partial charge on any atom is 0.217 e. The highest BCUT2D eigenvalue weighted by Crippen LogP contribution is 2.47. The van der Waals surface area contributed by atoms with Crippen LogP contribution in [0.5, 0.6) is 0 Å². The van der Waals surface area contributed by atoms with Crippen molar-refractivity contribution in [1.82, 2.24) is 4.98 Å². The van der Waals surface area contributed by atoms with Gasteiger partial charge in [-0.05, 0) is 72.9 Å². The zero-order valence-corrected chi connectivity index (χ0v) is 27.5. The average molecular weight is 563 g/mol. The molecule has 1 aromatic rings. The Morgan fingerprint density at radius 1 is 1.17 bits per heavy atom. The summed E-state index contributed by atoms with van der Waals surface area (Å²) >= 11 is 0. The van der Waals surface area contributed by atoms with Gasteiger partial charge in [0.05, 0.1) is 36.5 Å². The highest BCUT2D eigenvalue weighted by molar-refractivity contribution is 5.83. The fourth-order valence-electron chi connectivity index (χ4n) is 5.41. The van der Waals surface area contributed by atoms with Crippen LogP contribution in [0.3, 0.4) is 0 Å². The third-order valence-corrected chi connectivity index (χ3v) is 7.54. The fourth-order valence-corrected chi connectivity index (χ4v) is 5.41. The van der Waals surface area contributed by atoms with Gasteiger partial charge in [0.1, 0.15) is 5.76 Å². The molecule has 0 saturated carbocycles. The van der Waals surface area contributed by atoms with Gasteiger partial charge in [-0.3, -0.25) is 4.98 Å². The molecule has 41 heavy (non-hydrogen) atoms. The second-order valence-corrected chi connectivity index (χ2v) is 10.8. The van der Waals surface area contributed by atoms with Crippen molar-refractivity contribution >= 4 is 23.2 Å². The van der Waals surface area contributed by atoms with Crippen molar-refractivity contribution in [3.8, 4) is 0 Å². The minimum absolute atomic E-state index is 0.298. The van der Waals surface area contributed by atoms with E-state index in [4.69, 9.17) is 14.5 Å². The monoisotopic (exact) mass is 562 g/mol. The molecule has 2 atom stereocenters. The summed E-state index contributed by atoms with van der Waals surface area (Å²) in [7, 11) is 1.68. The summed E-state index contributed by atoms with van der Waals surface area (Å²) in [6.45, 7) is 22.7. The molecular weight excluding hydrogens is 508 g/mol. The molecule has 2 unspecified atom stereocenters. The summed E-state index contributed by atoms with van der Waals surface area (Å²) in [5.74, 6) is 1.79. The summed E-state index contributed by atoms with van der Waals surface area (Å²) < 4.78 is 11.7. The van der Waals surface area contributed by atoms with Gasteiger partial charge in [-0.1, -0.05) is 57.6 Å². The van der Waals surface area contributed by atoms with Crippen LogP contribution in [0.2, 0.25) is 0 Å². The lowest BCUT2D eigenvalue weighted by atomic mass is 9.98. The first-order chi connectivity index (χ1) is 19.7. The van der Waals surface area contributed by atoms with Gasteiger partial charge >= 0.3 is 0 Å².